The molecule has 0 aromatic heterocycles. The van der Waals surface area contributed by atoms with Crippen LogP contribution >= 0.6 is 0 Å². The lowest BCUT2D eigenvalue weighted by Crippen LogP contribution is -2.34. The second kappa shape index (κ2) is 8.43. The normalized spacial score (nSPS) is 22.4. The molecule has 1 aromatic carbocycles. The van der Waals surface area contributed by atoms with Crippen LogP contribution in [0.15, 0.2) is 30.3 Å². The van der Waals surface area contributed by atoms with E-state index < -0.39 is 0 Å². The molecule has 0 amide bonds. The number of likely N-dealkylation sites (tertiary alicyclic amines) is 1. The highest BCUT2D eigenvalue weighted by molar-refractivity contribution is 5.19. The van der Waals surface area contributed by atoms with Crippen molar-refractivity contribution >= 4 is 0 Å². The first-order valence-electron chi connectivity index (χ1n) is 8.28. The van der Waals surface area contributed by atoms with Crippen LogP contribution in [0.25, 0.3) is 0 Å². The van der Waals surface area contributed by atoms with E-state index in [1.165, 1.54) is 50.8 Å². The third-order valence-electron chi connectivity index (χ3n) is 4.63. The van der Waals surface area contributed by atoms with Gasteiger partial charge in [-0.1, -0.05) is 50.1 Å². The predicted octanol–water partition coefficient (Wildman–Crippen LogP) is 3.85. The van der Waals surface area contributed by atoms with Crippen molar-refractivity contribution in [2.24, 2.45) is 5.92 Å². The molecule has 2 unspecified atom stereocenters. The molecule has 0 radical (unpaired) electrons. The van der Waals surface area contributed by atoms with E-state index in [0.717, 1.165) is 12.5 Å². The summed E-state index contributed by atoms with van der Waals surface area (Å²) in [6.45, 7) is 6.00. The van der Waals surface area contributed by atoms with E-state index >= 15 is 0 Å². The molecule has 0 saturated carbocycles. The first-order valence-corrected chi connectivity index (χ1v) is 8.28. The monoisotopic (exact) mass is 274 g/mol. The molecular formula is C18H30N2. The van der Waals surface area contributed by atoms with E-state index in [2.05, 4.69) is 54.5 Å². The lowest BCUT2D eigenvalue weighted by molar-refractivity contribution is 0.251. The van der Waals surface area contributed by atoms with Crippen molar-refractivity contribution in [2.75, 3.05) is 26.7 Å². The maximum absolute atomic E-state index is 3.48. The number of nitrogens with zero attached hydrogens (tertiary/aromatic N) is 1. The van der Waals surface area contributed by atoms with Crippen LogP contribution in [0.5, 0.6) is 0 Å². The largest absolute Gasteiger partial charge is 0.312 e. The molecule has 0 bridgehead atoms. The van der Waals surface area contributed by atoms with Gasteiger partial charge in [-0.25, -0.2) is 0 Å². The molecule has 1 fully saturated rings. The Bertz CT molecular complexity index is 363. The summed E-state index contributed by atoms with van der Waals surface area (Å²) in [4.78, 5) is 2.66. The number of hydrogen-bond acceptors (Lipinski definition) is 2. The van der Waals surface area contributed by atoms with Crippen molar-refractivity contribution in [1.29, 1.82) is 0 Å². The summed E-state index contributed by atoms with van der Waals surface area (Å²) in [5, 5.41) is 3.48. The second-order valence-corrected chi connectivity index (χ2v) is 6.14. The van der Waals surface area contributed by atoms with Crippen LogP contribution in [0.3, 0.4) is 0 Å². The molecule has 2 rings (SSSR count). The number of hydrogen-bond donors (Lipinski definition) is 1. The maximum Gasteiger partial charge on any atom is 0.0446 e. The Morgan fingerprint density at radius 2 is 2.00 bits per heavy atom. The Kier molecular flexibility index (Phi) is 6.55. The molecule has 0 spiro atoms. The summed E-state index contributed by atoms with van der Waals surface area (Å²) in [5.41, 5.74) is 1.41. The van der Waals surface area contributed by atoms with E-state index in [0.29, 0.717) is 6.04 Å². The van der Waals surface area contributed by atoms with E-state index in [1.807, 2.05) is 0 Å². The van der Waals surface area contributed by atoms with Gasteiger partial charge in [0, 0.05) is 12.6 Å². The Balaban J connectivity index is 1.88. The van der Waals surface area contributed by atoms with Crippen LogP contribution in [0.1, 0.15) is 50.6 Å². The topological polar surface area (TPSA) is 15.3 Å². The Hall–Kier alpha value is -0.860. The van der Waals surface area contributed by atoms with Gasteiger partial charge in [0.15, 0.2) is 0 Å². The van der Waals surface area contributed by atoms with Gasteiger partial charge in [0.05, 0.1) is 0 Å². The van der Waals surface area contributed by atoms with Gasteiger partial charge in [0.25, 0.3) is 0 Å². The van der Waals surface area contributed by atoms with Crippen LogP contribution in [-0.2, 0) is 0 Å². The van der Waals surface area contributed by atoms with Gasteiger partial charge in [-0.2, -0.15) is 0 Å². The smallest absolute Gasteiger partial charge is 0.0446 e. The van der Waals surface area contributed by atoms with E-state index in [-0.39, 0.29) is 0 Å². The third kappa shape index (κ3) is 4.60. The molecule has 2 heteroatoms. The van der Waals surface area contributed by atoms with Crippen molar-refractivity contribution in [1.82, 2.24) is 10.2 Å². The van der Waals surface area contributed by atoms with Crippen LogP contribution in [0.4, 0.5) is 0 Å². The molecule has 1 N–H and O–H groups in total. The molecule has 20 heavy (non-hydrogen) atoms. The van der Waals surface area contributed by atoms with E-state index in [9.17, 15) is 0 Å². The van der Waals surface area contributed by atoms with Crippen molar-refractivity contribution in [3.63, 3.8) is 0 Å². The Morgan fingerprint density at radius 1 is 1.20 bits per heavy atom. The van der Waals surface area contributed by atoms with Gasteiger partial charge >= 0.3 is 0 Å². The summed E-state index contributed by atoms with van der Waals surface area (Å²) >= 11 is 0. The number of nitrogens with one attached hydrogen (secondary N) is 1. The van der Waals surface area contributed by atoms with Crippen molar-refractivity contribution < 1.29 is 0 Å². The van der Waals surface area contributed by atoms with Gasteiger partial charge in [-0.3, -0.25) is 0 Å². The molecule has 1 aromatic rings. The molecule has 1 heterocycles. The average molecular weight is 274 g/mol. The number of likely N-dealkylation sites (N-methyl/N-ethyl adjacent to an activating group) is 1. The lowest BCUT2D eigenvalue weighted by Gasteiger charge is -2.26. The van der Waals surface area contributed by atoms with Crippen molar-refractivity contribution in [2.45, 2.75) is 45.1 Å². The van der Waals surface area contributed by atoms with Crippen LogP contribution in [-0.4, -0.2) is 31.6 Å². The average Bonchev–Trinajstić information content (AvgIpc) is 2.71. The predicted molar refractivity (Wildman–Crippen MR) is 86.9 cm³/mol. The minimum Gasteiger partial charge on any atom is -0.312 e. The zero-order valence-corrected chi connectivity index (χ0v) is 13.1. The minimum atomic E-state index is 0.457. The highest BCUT2D eigenvalue weighted by Crippen LogP contribution is 2.23. The van der Waals surface area contributed by atoms with Gasteiger partial charge in [0.1, 0.15) is 0 Å². The summed E-state index contributed by atoms with van der Waals surface area (Å²) in [6, 6.07) is 11.3. The molecule has 0 aliphatic carbocycles. The standard InChI is InChI=1S/C18H30N2/c1-3-8-16-9-7-13-20(14-12-16)15-18(19-2)17-10-5-4-6-11-17/h4-6,10-11,16,18-19H,3,7-9,12-15H2,1-2H3. The molecular weight excluding hydrogens is 244 g/mol. The zero-order chi connectivity index (χ0) is 14.2. The summed E-state index contributed by atoms with van der Waals surface area (Å²) in [7, 11) is 2.08. The SMILES string of the molecule is CCCC1CCCN(CC(NC)c2ccccc2)CC1. The van der Waals surface area contributed by atoms with Crippen LogP contribution in [0.2, 0.25) is 0 Å². The summed E-state index contributed by atoms with van der Waals surface area (Å²) in [5.74, 6) is 0.967. The first-order chi connectivity index (χ1) is 9.83. The highest BCUT2D eigenvalue weighted by Gasteiger charge is 2.19. The minimum absolute atomic E-state index is 0.457. The fraction of sp³-hybridized carbons (Fsp3) is 0.667. The summed E-state index contributed by atoms with van der Waals surface area (Å²) < 4.78 is 0. The van der Waals surface area contributed by atoms with Crippen molar-refractivity contribution in [3.05, 3.63) is 35.9 Å². The molecule has 1 aliphatic heterocycles. The maximum atomic E-state index is 3.48. The molecule has 112 valence electrons. The van der Waals surface area contributed by atoms with Gasteiger partial charge < -0.3 is 10.2 Å². The lowest BCUT2D eigenvalue weighted by atomic mass is 9.96. The zero-order valence-electron chi connectivity index (χ0n) is 13.1. The molecule has 1 aliphatic rings. The third-order valence-corrected chi connectivity index (χ3v) is 4.63. The van der Waals surface area contributed by atoms with Gasteiger partial charge in [0.2, 0.25) is 0 Å². The molecule has 1 saturated heterocycles. The van der Waals surface area contributed by atoms with Gasteiger partial charge in [-0.15, -0.1) is 0 Å². The first kappa shape index (κ1) is 15.5. The van der Waals surface area contributed by atoms with E-state index in [4.69, 9.17) is 0 Å². The van der Waals surface area contributed by atoms with Crippen LogP contribution < -0.4 is 5.32 Å². The van der Waals surface area contributed by atoms with Crippen molar-refractivity contribution in [3.8, 4) is 0 Å². The number of benzene rings is 1. The van der Waals surface area contributed by atoms with Crippen LogP contribution in [0, 0.1) is 5.92 Å². The molecule has 2 nitrogen and oxygen atoms in total. The number of rotatable bonds is 6. The van der Waals surface area contributed by atoms with E-state index in [1.54, 1.807) is 0 Å². The fourth-order valence-corrected chi connectivity index (χ4v) is 3.41. The Morgan fingerprint density at radius 3 is 2.70 bits per heavy atom. The highest BCUT2D eigenvalue weighted by atomic mass is 15.1. The summed E-state index contributed by atoms with van der Waals surface area (Å²) in [6.07, 6.45) is 6.95. The quantitative estimate of drug-likeness (QED) is 0.847. The van der Waals surface area contributed by atoms with Gasteiger partial charge in [-0.05, 0) is 50.9 Å². The fourth-order valence-electron chi connectivity index (χ4n) is 3.41. The second-order valence-electron chi connectivity index (χ2n) is 6.14. The molecule has 2 atom stereocenters. The Labute approximate surface area is 124 Å².